The summed E-state index contributed by atoms with van der Waals surface area (Å²) in [5, 5.41) is 0. The van der Waals surface area contributed by atoms with Crippen molar-refractivity contribution in [2.45, 2.75) is 49.8 Å². The molecule has 3 rings (SSSR count). The largest absolute Gasteiger partial charge is 0.315 e. The van der Waals surface area contributed by atoms with E-state index in [0.717, 1.165) is 11.6 Å². The Morgan fingerprint density at radius 1 is 1.20 bits per heavy atom. The molecule has 0 spiro atoms. The molecule has 0 saturated heterocycles. The molecule has 0 aromatic heterocycles. The van der Waals surface area contributed by atoms with E-state index in [9.17, 15) is 4.79 Å². The Hall–Kier alpha value is -0.830. The van der Waals surface area contributed by atoms with Crippen LogP contribution in [0.5, 0.6) is 0 Å². The number of nitrogens with zero attached hydrogens (tertiary/aromatic N) is 1. The molecule has 0 N–H and O–H groups in total. The van der Waals surface area contributed by atoms with Gasteiger partial charge < -0.3 is 4.90 Å². The van der Waals surface area contributed by atoms with Gasteiger partial charge >= 0.3 is 0 Å². The average Bonchev–Trinajstić information content (AvgIpc) is 2.65. The Morgan fingerprint density at radius 2 is 1.90 bits per heavy atom. The number of alkyl halides is 1. The zero-order chi connectivity index (χ0) is 14.1. The molecule has 0 radical (unpaired) electrons. The van der Waals surface area contributed by atoms with Gasteiger partial charge in [-0.3, -0.25) is 4.79 Å². The molecule has 1 heterocycles. The van der Waals surface area contributed by atoms with Crippen LogP contribution in [0.3, 0.4) is 0 Å². The van der Waals surface area contributed by atoms with Crippen molar-refractivity contribution in [1.82, 2.24) is 0 Å². The average molecular weight is 336 g/mol. The van der Waals surface area contributed by atoms with Crippen molar-refractivity contribution in [3.8, 4) is 0 Å². The lowest BCUT2D eigenvalue weighted by atomic mass is 9.91. The van der Waals surface area contributed by atoms with Crippen molar-refractivity contribution in [3.63, 3.8) is 0 Å². The first-order valence-corrected chi connectivity index (χ1v) is 8.62. The molecule has 20 heavy (non-hydrogen) atoms. The van der Waals surface area contributed by atoms with Crippen LogP contribution >= 0.6 is 15.9 Å². The van der Waals surface area contributed by atoms with Gasteiger partial charge in [0.2, 0.25) is 5.91 Å². The molecule has 1 fully saturated rings. The predicted octanol–water partition coefficient (Wildman–Crippen LogP) is 4.61. The van der Waals surface area contributed by atoms with Crippen LogP contribution in [0.15, 0.2) is 18.2 Å². The Morgan fingerprint density at radius 3 is 2.60 bits per heavy atom. The summed E-state index contributed by atoms with van der Waals surface area (Å²) in [6, 6.07) is 6.54. The molecule has 1 unspecified atom stereocenters. The molecule has 108 valence electrons. The molecule has 1 atom stereocenters. The smallest absolute Gasteiger partial charge is 0.231 e. The number of anilines is 1. The Kier molecular flexibility index (Phi) is 4.16. The number of rotatable bonds is 2. The van der Waals surface area contributed by atoms with Crippen molar-refractivity contribution >= 4 is 27.5 Å². The maximum absolute atomic E-state index is 11.8. The van der Waals surface area contributed by atoms with Crippen LogP contribution < -0.4 is 4.90 Å². The standard InChI is InChI=1S/C17H22BrNO/c1-19-15-9-8-13(10-14(15)11-16(19)20)17(18)12-6-4-2-3-5-7-12/h8-10,12,17H,2-7,11H2,1H3. The van der Waals surface area contributed by atoms with Gasteiger partial charge in [0.15, 0.2) is 0 Å². The molecule has 1 aromatic rings. The van der Waals surface area contributed by atoms with Gasteiger partial charge in [0.05, 0.1) is 6.42 Å². The minimum Gasteiger partial charge on any atom is -0.315 e. The van der Waals surface area contributed by atoms with E-state index in [1.807, 2.05) is 7.05 Å². The third-order valence-corrected chi connectivity index (χ3v) is 6.09. The highest BCUT2D eigenvalue weighted by atomic mass is 79.9. The zero-order valence-corrected chi connectivity index (χ0v) is 13.7. The second-order valence-electron chi connectivity index (χ2n) is 6.17. The number of hydrogen-bond donors (Lipinski definition) is 0. The van der Waals surface area contributed by atoms with E-state index < -0.39 is 0 Å². The number of fused-ring (bicyclic) bond motifs is 1. The first kappa shape index (κ1) is 14.1. The zero-order valence-electron chi connectivity index (χ0n) is 12.1. The van der Waals surface area contributed by atoms with E-state index >= 15 is 0 Å². The second-order valence-corrected chi connectivity index (χ2v) is 7.16. The highest BCUT2D eigenvalue weighted by Crippen LogP contribution is 2.41. The Labute approximate surface area is 129 Å². The minimum atomic E-state index is 0.206. The summed E-state index contributed by atoms with van der Waals surface area (Å²) in [6.45, 7) is 0. The van der Waals surface area contributed by atoms with Crippen molar-refractivity contribution in [3.05, 3.63) is 29.3 Å². The summed E-state index contributed by atoms with van der Waals surface area (Å²) in [5.41, 5.74) is 3.62. The van der Waals surface area contributed by atoms with E-state index in [1.54, 1.807) is 4.90 Å². The van der Waals surface area contributed by atoms with Crippen molar-refractivity contribution in [2.24, 2.45) is 5.92 Å². The highest BCUT2D eigenvalue weighted by molar-refractivity contribution is 9.09. The van der Waals surface area contributed by atoms with Gasteiger partial charge in [0.25, 0.3) is 0 Å². The summed E-state index contributed by atoms with van der Waals surface area (Å²) in [7, 11) is 1.87. The van der Waals surface area contributed by atoms with Gasteiger partial charge in [-0.1, -0.05) is 53.7 Å². The molecular weight excluding hydrogens is 314 g/mol. The summed E-state index contributed by atoms with van der Waals surface area (Å²) in [4.78, 5) is 14.0. The highest BCUT2D eigenvalue weighted by Gasteiger charge is 2.27. The predicted molar refractivity (Wildman–Crippen MR) is 86.4 cm³/mol. The number of carbonyl (C=O) groups excluding carboxylic acids is 1. The summed E-state index contributed by atoms with van der Waals surface area (Å²) < 4.78 is 0. The van der Waals surface area contributed by atoms with Crippen LogP contribution in [0, 0.1) is 5.92 Å². The maximum Gasteiger partial charge on any atom is 0.231 e. The first-order chi connectivity index (χ1) is 9.66. The van der Waals surface area contributed by atoms with Crippen LogP contribution in [0.4, 0.5) is 5.69 Å². The normalized spacial score (nSPS) is 21.7. The SMILES string of the molecule is CN1C(=O)Cc2cc(C(Br)C3CCCCCC3)ccc21. The van der Waals surface area contributed by atoms with E-state index in [0.29, 0.717) is 11.2 Å². The summed E-state index contributed by atoms with van der Waals surface area (Å²) in [6.07, 6.45) is 8.71. The molecular formula is C17H22BrNO. The van der Waals surface area contributed by atoms with Gasteiger partial charge in [0.1, 0.15) is 0 Å². The van der Waals surface area contributed by atoms with Gasteiger partial charge in [-0.15, -0.1) is 0 Å². The quantitative estimate of drug-likeness (QED) is 0.570. The number of amides is 1. The second kappa shape index (κ2) is 5.88. The molecule has 1 aliphatic carbocycles. The third-order valence-electron chi connectivity index (χ3n) is 4.81. The monoisotopic (exact) mass is 335 g/mol. The fourth-order valence-corrected chi connectivity index (χ4v) is 4.35. The molecule has 2 nitrogen and oxygen atoms in total. The molecule has 1 aromatic carbocycles. The van der Waals surface area contributed by atoms with Crippen molar-refractivity contribution < 1.29 is 4.79 Å². The van der Waals surface area contributed by atoms with Crippen LogP contribution in [0.25, 0.3) is 0 Å². The minimum absolute atomic E-state index is 0.206. The molecule has 1 aliphatic heterocycles. The summed E-state index contributed by atoms with van der Waals surface area (Å²) >= 11 is 3.92. The lowest BCUT2D eigenvalue weighted by Crippen LogP contribution is -2.20. The van der Waals surface area contributed by atoms with Crippen LogP contribution in [0.2, 0.25) is 0 Å². The Bertz CT molecular complexity index is 506. The fraction of sp³-hybridized carbons (Fsp3) is 0.588. The molecule has 1 saturated carbocycles. The number of likely N-dealkylation sites (N-methyl/N-ethyl adjacent to an activating group) is 1. The van der Waals surface area contributed by atoms with Crippen molar-refractivity contribution in [2.75, 3.05) is 11.9 Å². The topological polar surface area (TPSA) is 20.3 Å². The number of benzene rings is 1. The van der Waals surface area contributed by atoms with E-state index in [2.05, 4.69) is 34.1 Å². The summed E-state index contributed by atoms with van der Waals surface area (Å²) in [5.74, 6) is 0.947. The lowest BCUT2D eigenvalue weighted by molar-refractivity contribution is -0.117. The number of hydrogen-bond acceptors (Lipinski definition) is 1. The molecule has 2 aliphatic rings. The lowest BCUT2D eigenvalue weighted by Gasteiger charge is -2.22. The molecule has 3 heteroatoms. The fourth-order valence-electron chi connectivity index (χ4n) is 3.54. The van der Waals surface area contributed by atoms with Crippen molar-refractivity contribution in [1.29, 1.82) is 0 Å². The third kappa shape index (κ3) is 2.65. The number of halogens is 1. The van der Waals surface area contributed by atoms with Gasteiger partial charge in [-0.2, -0.15) is 0 Å². The van der Waals surface area contributed by atoms with Crippen LogP contribution in [0.1, 0.15) is 54.5 Å². The number of carbonyl (C=O) groups is 1. The maximum atomic E-state index is 11.8. The van der Waals surface area contributed by atoms with Gasteiger partial charge in [-0.05, 0) is 36.0 Å². The van der Waals surface area contributed by atoms with E-state index in [1.165, 1.54) is 49.7 Å². The Balaban J connectivity index is 1.80. The van der Waals surface area contributed by atoms with E-state index in [-0.39, 0.29) is 5.91 Å². The van der Waals surface area contributed by atoms with Crippen LogP contribution in [-0.4, -0.2) is 13.0 Å². The van der Waals surface area contributed by atoms with E-state index in [4.69, 9.17) is 0 Å². The molecule has 1 amide bonds. The van der Waals surface area contributed by atoms with Gasteiger partial charge in [0, 0.05) is 17.6 Å². The van der Waals surface area contributed by atoms with Gasteiger partial charge in [-0.25, -0.2) is 0 Å². The first-order valence-electron chi connectivity index (χ1n) is 7.70. The molecule has 0 bridgehead atoms. The van der Waals surface area contributed by atoms with Crippen LogP contribution in [-0.2, 0) is 11.2 Å².